The predicted molar refractivity (Wildman–Crippen MR) is 118 cm³/mol. The first-order chi connectivity index (χ1) is 13.3. The van der Waals surface area contributed by atoms with Gasteiger partial charge in [-0.3, -0.25) is 4.79 Å². The van der Waals surface area contributed by atoms with Gasteiger partial charge in [-0.2, -0.15) is 0 Å². The minimum atomic E-state index is -0.130. The molecule has 1 aromatic heterocycles. The number of allylic oxidation sites excluding steroid dienone is 5. The highest BCUT2D eigenvalue weighted by molar-refractivity contribution is 5.91. The Hall–Kier alpha value is -2.03. The van der Waals surface area contributed by atoms with Crippen LogP contribution >= 0.6 is 0 Å². The smallest absolute Gasteiger partial charge is 0.287 e. The molecule has 1 heterocycles. The molecule has 1 aliphatic rings. The van der Waals surface area contributed by atoms with E-state index in [-0.39, 0.29) is 11.3 Å². The Bertz CT molecular complexity index is 746. The van der Waals surface area contributed by atoms with Crippen LogP contribution in [0, 0.1) is 5.41 Å². The lowest BCUT2D eigenvalue weighted by molar-refractivity contribution is 0.0925. The first kappa shape index (κ1) is 22.3. The van der Waals surface area contributed by atoms with Gasteiger partial charge in [-0.05, 0) is 74.3 Å². The van der Waals surface area contributed by atoms with E-state index in [4.69, 9.17) is 4.42 Å². The van der Waals surface area contributed by atoms with Crippen LogP contribution in [0.15, 0.2) is 45.4 Å². The average molecular weight is 384 g/mol. The van der Waals surface area contributed by atoms with Gasteiger partial charge in [0.2, 0.25) is 0 Å². The fourth-order valence-corrected chi connectivity index (χ4v) is 3.89. The maximum absolute atomic E-state index is 12.2. The number of carbonyl (C=O) groups is 1. The van der Waals surface area contributed by atoms with Crippen LogP contribution < -0.4 is 5.32 Å². The molecule has 3 heteroatoms. The SMILES string of the molecule is CCCCCCNC(=O)c1ccc(/C=C(\C)C=CC2=C(C)CCCC2(C)C)o1. The van der Waals surface area contributed by atoms with Gasteiger partial charge < -0.3 is 9.73 Å². The fraction of sp³-hybridized carbons (Fsp3) is 0.560. The molecule has 1 aliphatic carbocycles. The van der Waals surface area contributed by atoms with Gasteiger partial charge in [-0.15, -0.1) is 0 Å². The van der Waals surface area contributed by atoms with E-state index in [0.29, 0.717) is 18.1 Å². The molecule has 0 bridgehead atoms. The molecule has 0 saturated carbocycles. The highest BCUT2D eigenvalue weighted by Crippen LogP contribution is 2.40. The van der Waals surface area contributed by atoms with Crippen molar-refractivity contribution in [2.75, 3.05) is 6.54 Å². The summed E-state index contributed by atoms with van der Waals surface area (Å²) in [5, 5.41) is 2.93. The number of hydrogen-bond acceptors (Lipinski definition) is 2. The topological polar surface area (TPSA) is 42.2 Å². The van der Waals surface area contributed by atoms with Crippen molar-refractivity contribution in [3.63, 3.8) is 0 Å². The van der Waals surface area contributed by atoms with E-state index >= 15 is 0 Å². The molecule has 28 heavy (non-hydrogen) atoms. The summed E-state index contributed by atoms with van der Waals surface area (Å²) in [5.41, 5.74) is 4.31. The Balaban J connectivity index is 1.95. The fourth-order valence-electron chi connectivity index (χ4n) is 3.89. The third-order valence-electron chi connectivity index (χ3n) is 5.59. The molecule has 0 aliphatic heterocycles. The van der Waals surface area contributed by atoms with Gasteiger partial charge >= 0.3 is 0 Å². The molecular weight excluding hydrogens is 346 g/mol. The van der Waals surface area contributed by atoms with E-state index in [1.54, 1.807) is 6.07 Å². The van der Waals surface area contributed by atoms with Crippen LogP contribution in [-0.2, 0) is 0 Å². The number of nitrogens with one attached hydrogen (secondary N) is 1. The highest BCUT2D eigenvalue weighted by atomic mass is 16.3. The van der Waals surface area contributed by atoms with E-state index in [9.17, 15) is 4.79 Å². The number of unbranched alkanes of at least 4 members (excludes halogenated alkanes) is 3. The van der Waals surface area contributed by atoms with Crippen molar-refractivity contribution in [2.45, 2.75) is 79.6 Å². The molecule has 1 aromatic rings. The molecule has 3 nitrogen and oxygen atoms in total. The summed E-state index contributed by atoms with van der Waals surface area (Å²) in [4.78, 5) is 12.2. The Kier molecular flexibility index (Phi) is 8.35. The zero-order valence-electron chi connectivity index (χ0n) is 18.4. The van der Waals surface area contributed by atoms with Crippen LogP contribution in [-0.4, -0.2) is 12.5 Å². The predicted octanol–water partition coefficient (Wildman–Crippen LogP) is 7.08. The number of rotatable bonds is 9. The lowest BCUT2D eigenvalue weighted by Gasteiger charge is -2.32. The average Bonchev–Trinajstić information content (AvgIpc) is 3.09. The Morgan fingerprint density at radius 1 is 1.25 bits per heavy atom. The van der Waals surface area contributed by atoms with Gasteiger partial charge in [0.15, 0.2) is 5.76 Å². The highest BCUT2D eigenvalue weighted by Gasteiger charge is 2.26. The molecule has 0 aromatic carbocycles. The van der Waals surface area contributed by atoms with Crippen molar-refractivity contribution >= 4 is 12.0 Å². The molecular formula is C25H37NO2. The van der Waals surface area contributed by atoms with E-state index < -0.39 is 0 Å². The van der Waals surface area contributed by atoms with E-state index in [2.05, 4.69) is 52.1 Å². The van der Waals surface area contributed by atoms with Gasteiger partial charge in [0.05, 0.1) is 0 Å². The van der Waals surface area contributed by atoms with Crippen LogP contribution in [0.1, 0.15) is 95.9 Å². The Morgan fingerprint density at radius 3 is 2.75 bits per heavy atom. The molecule has 0 radical (unpaired) electrons. The van der Waals surface area contributed by atoms with E-state index in [1.165, 1.54) is 43.3 Å². The number of amides is 1. The summed E-state index contributed by atoms with van der Waals surface area (Å²) >= 11 is 0. The second kappa shape index (κ2) is 10.5. The molecule has 0 atom stereocenters. The lowest BCUT2D eigenvalue weighted by Crippen LogP contribution is -2.23. The third-order valence-corrected chi connectivity index (χ3v) is 5.59. The van der Waals surface area contributed by atoms with Crippen LogP contribution in [0.3, 0.4) is 0 Å². The minimum Gasteiger partial charge on any atom is -0.452 e. The molecule has 1 N–H and O–H groups in total. The Labute approximate surface area is 171 Å². The standard InChI is InChI=1S/C25H37NO2/c1-6-7-8-9-17-26-24(27)23-15-13-21(28-23)18-19(2)12-14-22-20(3)11-10-16-25(22,4)5/h12-15,18H,6-11,16-17H2,1-5H3,(H,26,27)/b14-12?,19-18+. The number of hydrogen-bond donors (Lipinski definition) is 1. The zero-order chi connectivity index (χ0) is 20.6. The molecule has 2 rings (SSSR count). The summed E-state index contributed by atoms with van der Waals surface area (Å²) in [5.74, 6) is 0.964. The van der Waals surface area contributed by atoms with Crippen molar-refractivity contribution < 1.29 is 9.21 Å². The molecule has 154 valence electrons. The van der Waals surface area contributed by atoms with Crippen molar-refractivity contribution in [2.24, 2.45) is 5.41 Å². The van der Waals surface area contributed by atoms with Crippen LogP contribution in [0.2, 0.25) is 0 Å². The normalized spacial score (nSPS) is 17.4. The number of furan rings is 1. The lowest BCUT2D eigenvalue weighted by atomic mass is 9.72. The van der Waals surface area contributed by atoms with Crippen molar-refractivity contribution in [1.82, 2.24) is 5.32 Å². The van der Waals surface area contributed by atoms with Crippen molar-refractivity contribution in [3.8, 4) is 0 Å². The van der Waals surface area contributed by atoms with Gasteiger partial charge in [0.25, 0.3) is 5.91 Å². The van der Waals surface area contributed by atoms with Crippen LogP contribution in [0.4, 0.5) is 0 Å². The molecule has 1 amide bonds. The van der Waals surface area contributed by atoms with Gasteiger partial charge in [-0.1, -0.05) is 57.8 Å². The maximum Gasteiger partial charge on any atom is 0.287 e. The molecule has 0 saturated heterocycles. The second-order valence-corrected chi connectivity index (χ2v) is 8.67. The first-order valence-electron chi connectivity index (χ1n) is 10.8. The van der Waals surface area contributed by atoms with Crippen molar-refractivity contribution in [1.29, 1.82) is 0 Å². The maximum atomic E-state index is 12.2. The van der Waals surface area contributed by atoms with Gasteiger partial charge in [0, 0.05) is 6.54 Å². The minimum absolute atomic E-state index is 0.130. The van der Waals surface area contributed by atoms with Crippen LogP contribution in [0.25, 0.3) is 6.08 Å². The zero-order valence-corrected chi connectivity index (χ0v) is 18.4. The largest absolute Gasteiger partial charge is 0.452 e. The first-order valence-corrected chi connectivity index (χ1v) is 10.8. The van der Waals surface area contributed by atoms with Gasteiger partial charge in [0.1, 0.15) is 5.76 Å². The van der Waals surface area contributed by atoms with Crippen molar-refractivity contribution in [3.05, 3.63) is 52.5 Å². The summed E-state index contributed by atoms with van der Waals surface area (Å²) in [6, 6.07) is 3.61. The summed E-state index contributed by atoms with van der Waals surface area (Å²) in [6.45, 7) is 11.9. The monoisotopic (exact) mass is 383 g/mol. The molecule has 0 unspecified atom stereocenters. The molecule has 0 spiro atoms. The molecule has 0 fully saturated rings. The van der Waals surface area contributed by atoms with Crippen LogP contribution in [0.5, 0.6) is 0 Å². The quantitative estimate of drug-likeness (QED) is 0.366. The van der Waals surface area contributed by atoms with E-state index in [1.807, 2.05) is 12.1 Å². The number of carbonyl (C=O) groups excluding carboxylic acids is 1. The third kappa shape index (κ3) is 6.54. The van der Waals surface area contributed by atoms with E-state index in [0.717, 1.165) is 18.4 Å². The Morgan fingerprint density at radius 2 is 2.04 bits per heavy atom. The summed E-state index contributed by atoms with van der Waals surface area (Å²) in [7, 11) is 0. The summed E-state index contributed by atoms with van der Waals surface area (Å²) in [6.07, 6.45) is 14.7. The second-order valence-electron chi connectivity index (χ2n) is 8.67. The van der Waals surface area contributed by atoms with Gasteiger partial charge in [-0.25, -0.2) is 0 Å². The summed E-state index contributed by atoms with van der Waals surface area (Å²) < 4.78 is 5.71.